The normalized spacial score (nSPS) is 22.7. The molecule has 0 aromatic heterocycles. The van der Waals surface area contributed by atoms with Gasteiger partial charge in [-0.15, -0.1) is 0 Å². The van der Waals surface area contributed by atoms with E-state index in [0.29, 0.717) is 12.0 Å². The summed E-state index contributed by atoms with van der Waals surface area (Å²) in [6.45, 7) is 21.3. The Balaban J connectivity index is 1.63. The van der Waals surface area contributed by atoms with Gasteiger partial charge in [0.15, 0.2) is 0 Å². The van der Waals surface area contributed by atoms with Crippen molar-refractivity contribution < 1.29 is 14.1 Å². The van der Waals surface area contributed by atoms with Crippen LogP contribution >= 0.6 is 0 Å². The Morgan fingerprint density at radius 3 is 2.13 bits per heavy atom. The summed E-state index contributed by atoms with van der Waals surface area (Å²) in [6.07, 6.45) is 8.26. The van der Waals surface area contributed by atoms with Crippen molar-refractivity contribution in [3.8, 4) is 0 Å². The summed E-state index contributed by atoms with van der Waals surface area (Å²) in [5, 5.41) is 3.34. The number of nitrogens with one attached hydrogen (secondary N) is 1. The maximum atomic E-state index is 13.8. The number of rotatable bonds is 11. The number of likely N-dealkylation sites (tertiary alicyclic amines) is 1. The monoisotopic (exact) mass is 526 g/mol. The summed E-state index contributed by atoms with van der Waals surface area (Å²) in [7, 11) is -0.161. The van der Waals surface area contributed by atoms with Crippen LogP contribution in [0.5, 0.6) is 0 Å². The van der Waals surface area contributed by atoms with Crippen LogP contribution in [0.4, 0.5) is 0 Å². The molecular weight excluding hydrogens is 471 g/mol. The minimum atomic E-state index is -0.373. The molecule has 1 N–H and O–H groups in total. The van der Waals surface area contributed by atoms with Crippen molar-refractivity contribution in [2.75, 3.05) is 13.1 Å². The van der Waals surface area contributed by atoms with E-state index in [0.717, 1.165) is 51.5 Å². The van der Waals surface area contributed by atoms with Crippen molar-refractivity contribution >= 4 is 13.0 Å². The minimum absolute atomic E-state index is 0.161. The molecule has 0 bridgehead atoms. The van der Waals surface area contributed by atoms with Crippen LogP contribution < -0.4 is 5.32 Å². The number of hydrogen-bond acceptors (Lipinski definition) is 4. The molecule has 6 heteroatoms. The van der Waals surface area contributed by atoms with E-state index < -0.39 is 0 Å². The lowest BCUT2D eigenvalue weighted by molar-refractivity contribution is -0.137. The maximum absolute atomic E-state index is 13.8. The Morgan fingerprint density at radius 2 is 1.61 bits per heavy atom. The number of carbonyl (C=O) groups excluding carboxylic acids is 1. The highest BCUT2D eigenvalue weighted by molar-refractivity contribution is 6.45. The van der Waals surface area contributed by atoms with Gasteiger partial charge >= 0.3 is 7.12 Å². The second-order valence-corrected chi connectivity index (χ2v) is 14.1. The molecule has 1 aromatic carbocycles. The van der Waals surface area contributed by atoms with Crippen molar-refractivity contribution in [3.05, 3.63) is 35.9 Å². The number of hydrogen-bond donors (Lipinski definition) is 1. The third-order valence-corrected chi connectivity index (χ3v) is 9.31. The lowest BCUT2D eigenvalue weighted by Gasteiger charge is -2.45. The summed E-state index contributed by atoms with van der Waals surface area (Å²) >= 11 is 0. The molecule has 2 aliphatic rings. The molecule has 2 atom stereocenters. The predicted molar refractivity (Wildman–Crippen MR) is 159 cm³/mol. The molecule has 2 fully saturated rings. The smallest absolute Gasteiger partial charge is 0.403 e. The average molecular weight is 527 g/mol. The second kappa shape index (κ2) is 12.4. The van der Waals surface area contributed by atoms with Crippen LogP contribution in [-0.2, 0) is 14.1 Å². The highest BCUT2D eigenvalue weighted by Gasteiger charge is 2.50. The van der Waals surface area contributed by atoms with Crippen LogP contribution in [-0.4, -0.2) is 47.8 Å². The van der Waals surface area contributed by atoms with Crippen LogP contribution in [0.2, 0.25) is 6.32 Å². The number of benzene rings is 1. The first-order valence-corrected chi connectivity index (χ1v) is 15.2. The SMILES string of the molecule is CCCC(c1ccccc1)N1CCC(C(C)(CCCCB2OC(C)(C)C(C)(C)O2)C(=O)NC(C)(C)C)CC1. The topological polar surface area (TPSA) is 50.8 Å². The fourth-order valence-corrected chi connectivity index (χ4v) is 6.23. The predicted octanol–water partition coefficient (Wildman–Crippen LogP) is 7.42. The number of amides is 1. The maximum Gasteiger partial charge on any atom is 0.457 e. The zero-order valence-electron chi connectivity index (χ0n) is 25.9. The fraction of sp³-hybridized carbons (Fsp3) is 0.781. The molecule has 2 unspecified atom stereocenters. The summed E-state index contributed by atoms with van der Waals surface area (Å²) < 4.78 is 12.4. The van der Waals surface area contributed by atoms with Crippen molar-refractivity contribution in [1.82, 2.24) is 10.2 Å². The lowest BCUT2D eigenvalue weighted by Crippen LogP contribution is -2.53. The first-order chi connectivity index (χ1) is 17.7. The van der Waals surface area contributed by atoms with Gasteiger partial charge in [-0.3, -0.25) is 9.69 Å². The van der Waals surface area contributed by atoms with Gasteiger partial charge in [0, 0.05) is 17.0 Å². The molecule has 1 aromatic rings. The van der Waals surface area contributed by atoms with Gasteiger partial charge in [-0.1, -0.05) is 63.4 Å². The van der Waals surface area contributed by atoms with Gasteiger partial charge in [0.05, 0.1) is 11.2 Å². The Kier molecular flexibility index (Phi) is 10.2. The van der Waals surface area contributed by atoms with Crippen molar-refractivity contribution in [2.45, 2.75) is 136 Å². The lowest BCUT2D eigenvalue weighted by atomic mass is 9.67. The Morgan fingerprint density at radius 1 is 1.03 bits per heavy atom. The zero-order chi connectivity index (χ0) is 28.2. The molecule has 1 amide bonds. The zero-order valence-corrected chi connectivity index (χ0v) is 25.9. The highest BCUT2D eigenvalue weighted by atomic mass is 16.7. The number of carbonyl (C=O) groups is 1. The van der Waals surface area contributed by atoms with Crippen molar-refractivity contribution in [1.29, 1.82) is 0 Å². The number of unbranched alkanes of at least 4 members (excludes halogenated alkanes) is 1. The van der Waals surface area contributed by atoms with Gasteiger partial charge in [-0.05, 0) is 105 Å². The first kappa shape index (κ1) is 31.2. The molecule has 2 aliphatic heterocycles. The standard InChI is InChI=1S/C32H55BN2O3/c1-10-16-27(25-17-12-11-13-18-25)35-23-19-26(20-24-35)32(9,28(36)34-29(2,3)4)21-14-15-22-33-37-30(5,6)31(7,8)38-33/h11-13,17-18,26-27H,10,14-16,19-24H2,1-9H3,(H,34,36). The van der Waals surface area contributed by atoms with Gasteiger partial charge in [-0.2, -0.15) is 0 Å². The fourth-order valence-electron chi connectivity index (χ4n) is 6.23. The van der Waals surface area contributed by atoms with Gasteiger partial charge in [0.2, 0.25) is 5.91 Å². The van der Waals surface area contributed by atoms with E-state index in [1.165, 1.54) is 18.4 Å². The van der Waals surface area contributed by atoms with E-state index in [2.05, 4.69) is 103 Å². The van der Waals surface area contributed by atoms with Crippen LogP contribution in [0.3, 0.4) is 0 Å². The summed E-state index contributed by atoms with van der Waals surface area (Å²) in [5.74, 6) is 0.600. The van der Waals surface area contributed by atoms with E-state index in [1.54, 1.807) is 0 Å². The van der Waals surface area contributed by atoms with Crippen LogP contribution in [0.1, 0.15) is 119 Å². The molecule has 38 heavy (non-hydrogen) atoms. The van der Waals surface area contributed by atoms with Crippen molar-refractivity contribution in [2.24, 2.45) is 11.3 Å². The largest absolute Gasteiger partial charge is 0.457 e. The molecule has 0 spiro atoms. The van der Waals surface area contributed by atoms with E-state index in [1.807, 2.05) is 0 Å². The summed E-state index contributed by atoms with van der Waals surface area (Å²) in [6, 6.07) is 11.4. The molecule has 214 valence electrons. The van der Waals surface area contributed by atoms with Crippen molar-refractivity contribution in [3.63, 3.8) is 0 Å². The van der Waals surface area contributed by atoms with Crippen LogP contribution in [0.25, 0.3) is 0 Å². The third-order valence-electron chi connectivity index (χ3n) is 9.31. The molecular formula is C32H55BN2O3. The van der Waals surface area contributed by atoms with Crippen LogP contribution in [0.15, 0.2) is 30.3 Å². The minimum Gasteiger partial charge on any atom is -0.403 e. The molecule has 5 nitrogen and oxygen atoms in total. The highest BCUT2D eigenvalue weighted by Crippen LogP contribution is 2.43. The summed E-state index contributed by atoms with van der Waals surface area (Å²) in [4.78, 5) is 16.4. The number of piperidine rings is 1. The van der Waals surface area contributed by atoms with E-state index in [4.69, 9.17) is 9.31 Å². The quantitative estimate of drug-likeness (QED) is 0.241. The molecule has 2 saturated heterocycles. The van der Waals surface area contributed by atoms with Crippen LogP contribution in [0, 0.1) is 11.3 Å². The summed E-state index contributed by atoms with van der Waals surface area (Å²) in [5.41, 5.74) is 0.233. The Hall–Kier alpha value is -1.37. The Bertz CT molecular complexity index is 874. The van der Waals surface area contributed by atoms with Gasteiger partial charge in [0.1, 0.15) is 0 Å². The first-order valence-electron chi connectivity index (χ1n) is 15.2. The average Bonchev–Trinajstić information content (AvgIpc) is 3.05. The van der Waals surface area contributed by atoms with E-state index in [-0.39, 0.29) is 35.2 Å². The second-order valence-electron chi connectivity index (χ2n) is 14.1. The molecule has 2 heterocycles. The van der Waals surface area contributed by atoms with E-state index in [9.17, 15) is 4.79 Å². The Labute approximate surface area is 233 Å². The van der Waals surface area contributed by atoms with Gasteiger partial charge in [0.25, 0.3) is 0 Å². The van der Waals surface area contributed by atoms with Gasteiger partial charge in [-0.25, -0.2) is 0 Å². The molecule has 0 aliphatic carbocycles. The third kappa shape index (κ3) is 7.64. The molecule has 0 radical (unpaired) electrons. The molecule has 3 rings (SSSR count). The molecule has 0 saturated carbocycles. The van der Waals surface area contributed by atoms with Gasteiger partial charge < -0.3 is 14.6 Å². The van der Waals surface area contributed by atoms with E-state index >= 15 is 0 Å². The number of nitrogens with zero attached hydrogens (tertiary/aromatic N) is 1.